The second-order valence-corrected chi connectivity index (χ2v) is 6.15. The van der Waals surface area contributed by atoms with E-state index in [1.807, 2.05) is 43.3 Å². The topological polar surface area (TPSA) is 38.7 Å². The molecule has 0 aromatic heterocycles. The number of benzene rings is 2. The average molecular weight is 349 g/mol. The van der Waals surface area contributed by atoms with Crippen LogP contribution in [0.1, 0.15) is 35.3 Å². The van der Waals surface area contributed by atoms with Crippen LogP contribution in [0.2, 0.25) is 0 Å². The number of ether oxygens (including phenoxy) is 2. The Hall–Kier alpha value is -1.52. The third-order valence-electron chi connectivity index (χ3n) is 3.78. The number of halogens is 1. The minimum Gasteiger partial charge on any atom is -0.496 e. The number of rotatable bonds is 2. The Morgan fingerprint density at radius 3 is 2.76 bits per heavy atom. The zero-order valence-corrected chi connectivity index (χ0v) is 13.6. The van der Waals surface area contributed by atoms with E-state index in [-0.39, 0.29) is 6.10 Å². The zero-order valence-electron chi connectivity index (χ0n) is 12.0. The van der Waals surface area contributed by atoms with Gasteiger partial charge in [-0.05, 0) is 52.7 Å². The maximum Gasteiger partial charge on any atom is 0.133 e. The van der Waals surface area contributed by atoms with Crippen LogP contribution in [0.25, 0.3) is 0 Å². The fourth-order valence-corrected chi connectivity index (χ4v) is 3.21. The number of aryl methyl sites for hydroxylation is 1. The van der Waals surface area contributed by atoms with Gasteiger partial charge in [0, 0.05) is 12.0 Å². The summed E-state index contributed by atoms with van der Waals surface area (Å²) in [6, 6.07) is 11.8. The van der Waals surface area contributed by atoms with Crippen molar-refractivity contribution < 1.29 is 14.6 Å². The Morgan fingerprint density at radius 1 is 1.24 bits per heavy atom. The number of methoxy groups -OCH3 is 1. The molecule has 0 amide bonds. The molecular weight excluding hydrogens is 332 g/mol. The predicted octanol–water partition coefficient (Wildman–Crippen LogP) is 4.32. The van der Waals surface area contributed by atoms with Crippen LogP contribution in [0.15, 0.2) is 40.9 Å². The Labute approximate surface area is 132 Å². The number of aliphatic hydroxyl groups excluding tert-OH is 1. The lowest BCUT2D eigenvalue weighted by Gasteiger charge is -2.30. The van der Waals surface area contributed by atoms with E-state index < -0.39 is 6.10 Å². The highest BCUT2D eigenvalue weighted by atomic mass is 79.9. The normalized spacial score (nSPS) is 20.6. The summed E-state index contributed by atoms with van der Waals surface area (Å²) in [7, 11) is 1.64. The molecule has 2 unspecified atom stereocenters. The van der Waals surface area contributed by atoms with E-state index in [4.69, 9.17) is 9.47 Å². The number of hydrogen-bond acceptors (Lipinski definition) is 3. The molecular formula is C17H17BrO3. The van der Waals surface area contributed by atoms with Crippen LogP contribution in [0.3, 0.4) is 0 Å². The minimum atomic E-state index is -0.500. The van der Waals surface area contributed by atoms with Crippen molar-refractivity contribution in [1.82, 2.24) is 0 Å². The first-order valence-corrected chi connectivity index (χ1v) is 7.66. The molecule has 0 fully saturated rings. The van der Waals surface area contributed by atoms with E-state index in [2.05, 4.69) is 15.9 Å². The van der Waals surface area contributed by atoms with E-state index in [0.717, 1.165) is 32.7 Å². The van der Waals surface area contributed by atoms with Gasteiger partial charge in [0.15, 0.2) is 0 Å². The van der Waals surface area contributed by atoms with Crippen molar-refractivity contribution in [2.24, 2.45) is 0 Å². The summed E-state index contributed by atoms with van der Waals surface area (Å²) in [4.78, 5) is 0. The quantitative estimate of drug-likeness (QED) is 0.877. The summed E-state index contributed by atoms with van der Waals surface area (Å²) in [6.45, 7) is 2.01. The Bertz CT molecular complexity index is 669. The van der Waals surface area contributed by atoms with Gasteiger partial charge in [-0.25, -0.2) is 0 Å². The average Bonchev–Trinajstić information content (AvgIpc) is 2.47. The van der Waals surface area contributed by atoms with Gasteiger partial charge >= 0.3 is 0 Å². The predicted molar refractivity (Wildman–Crippen MR) is 84.8 cm³/mol. The molecule has 21 heavy (non-hydrogen) atoms. The molecule has 1 heterocycles. The summed E-state index contributed by atoms with van der Waals surface area (Å²) < 4.78 is 12.2. The van der Waals surface area contributed by atoms with Gasteiger partial charge < -0.3 is 14.6 Å². The number of aliphatic hydroxyl groups is 1. The third-order valence-corrected chi connectivity index (χ3v) is 4.40. The minimum absolute atomic E-state index is 0.155. The molecule has 2 atom stereocenters. The number of fused-ring (bicyclic) bond motifs is 1. The first kappa shape index (κ1) is 14.4. The summed E-state index contributed by atoms with van der Waals surface area (Å²) in [6.07, 6.45) is -0.105. The molecule has 1 aliphatic rings. The van der Waals surface area contributed by atoms with Crippen LogP contribution >= 0.6 is 15.9 Å². The van der Waals surface area contributed by atoms with Crippen LogP contribution in [0.5, 0.6) is 11.5 Å². The molecule has 3 rings (SSSR count). The van der Waals surface area contributed by atoms with Crippen molar-refractivity contribution in [3.05, 3.63) is 57.6 Å². The molecule has 3 nitrogen and oxygen atoms in total. The van der Waals surface area contributed by atoms with Gasteiger partial charge in [0.2, 0.25) is 0 Å². The van der Waals surface area contributed by atoms with Crippen molar-refractivity contribution in [2.45, 2.75) is 25.6 Å². The highest BCUT2D eigenvalue weighted by molar-refractivity contribution is 9.10. The molecule has 4 heteroatoms. The maximum atomic E-state index is 10.4. The van der Waals surface area contributed by atoms with Crippen molar-refractivity contribution in [3.63, 3.8) is 0 Å². The first-order chi connectivity index (χ1) is 10.1. The summed E-state index contributed by atoms with van der Waals surface area (Å²) in [5, 5.41) is 10.4. The molecule has 2 aromatic rings. The van der Waals surface area contributed by atoms with Crippen LogP contribution in [-0.2, 0) is 0 Å². The summed E-state index contributed by atoms with van der Waals surface area (Å²) in [5.41, 5.74) is 3.02. The van der Waals surface area contributed by atoms with Crippen molar-refractivity contribution in [2.75, 3.05) is 7.11 Å². The van der Waals surface area contributed by atoms with E-state index in [0.29, 0.717) is 6.42 Å². The van der Waals surface area contributed by atoms with Crippen LogP contribution in [-0.4, -0.2) is 12.2 Å². The SMILES string of the molecule is COc1ccc(C2CC(O)c3cc(C)ccc3O2)cc1Br. The molecule has 1 N–H and O–H groups in total. The molecule has 0 aliphatic carbocycles. The molecule has 1 aliphatic heterocycles. The van der Waals surface area contributed by atoms with Crippen molar-refractivity contribution in [1.29, 1.82) is 0 Å². The van der Waals surface area contributed by atoms with Gasteiger partial charge in [-0.1, -0.05) is 17.7 Å². The lowest BCUT2D eigenvalue weighted by molar-refractivity contribution is 0.0656. The van der Waals surface area contributed by atoms with Gasteiger partial charge in [-0.15, -0.1) is 0 Å². The van der Waals surface area contributed by atoms with Crippen molar-refractivity contribution in [3.8, 4) is 11.5 Å². The summed E-state index contributed by atoms with van der Waals surface area (Å²) in [5.74, 6) is 1.54. The monoisotopic (exact) mass is 348 g/mol. The Kier molecular flexibility index (Phi) is 3.91. The third kappa shape index (κ3) is 2.78. The lowest BCUT2D eigenvalue weighted by Crippen LogP contribution is -2.19. The Balaban J connectivity index is 1.92. The van der Waals surface area contributed by atoms with Crippen LogP contribution in [0.4, 0.5) is 0 Å². The molecule has 0 bridgehead atoms. The van der Waals surface area contributed by atoms with Gasteiger partial charge in [0.05, 0.1) is 17.7 Å². The van der Waals surface area contributed by atoms with Crippen molar-refractivity contribution >= 4 is 15.9 Å². The van der Waals surface area contributed by atoms with E-state index in [1.54, 1.807) is 7.11 Å². The smallest absolute Gasteiger partial charge is 0.133 e. The number of hydrogen-bond donors (Lipinski definition) is 1. The zero-order chi connectivity index (χ0) is 15.0. The van der Waals surface area contributed by atoms with Gasteiger partial charge in [-0.2, -0.15) is 0 Å². The standard InChI is InChI=1S/C17H17BrO3/c1-10-3-5-15-12(7-10)14(19)9-17(21-15)11-4-6-16(20-2)13(18)8-11/h3-8,14,17,19H,9H2,1-2H3. The maximum absolute atomic E-state index is 10.4. The highest BCUT2D eigenvalue weighted by Gasteiger charge is 2.28. The van der Waals surface area contributed by atoms with Gasteiger partial charge in [-0.3, -0.25) is 0 Å². The fourth-order valence-electron chi connectivity index (χ4n) is 2.65. The molecule has 0 saturated heterocycles. The molecule has 2 aromatic carbocycles. The fraction of sp³-hybridized carbons (Fsp3) is 0.294. The van der Waals surface area contributed by atoms with Gasteiger partial charge in [0.25, 0.3) is 0 Å². The molecule has 0 radical (unpaired) electrons. The summed E-state index contributed by atoms with van der Waals surface area (Å²) >= 11 is 3.49. The van der Waals surface area contributed by atoms with Crippen LogP contribution in [0, 0.1) is 6.92 Å². The van der Waals surface area contributed by atoms with E-state index >= 15 is 0 Å². The largest absolute Gasteiger partial charge is 0.496 e. The lowest BCUT2D eigenvalue weighted by atomic mass is 9.94. The molecule has 0 spiro atoms. The molecule has 110 valence electrons. The molecule has 0 saturated carbocycles. The van der Waals surface area contributed by atoms with Crippen LogP contribution < -0.4 is 9.47 Å². The van der Waals surface area contributed by atoms with Gasteiger partial charge in [0.1, 0.15) is 17.6 Å². The van der Waals surface area contributed by atoms with E-state index in [1.165, 1.54) is 0 Å². The Morgan fingerprint density at radius 2 is 2.05 bits per heavy atom. The second-order valence-electron chi connectivity index (χ2n) is 5.29. The van der Waals surface area contributed by atoms with E-state index in [9.17, 15) is 5.11 Å². The highest BCUT2D eigenvalue weighted by Crippen LogP contribution is 2.42. The second kappa shape index (κ2) is 5.70. The first-order valence-electron chi connectivity index (χ1n) is 6.87.